The molecule has 2 saturated heterocycles. The number of H-pyrrole nitrogens is 1. The van der Waals surface area contributed by atoms with Crippen molar-refractivity contribution in [3.63, 3.8) is 0 Å². The van der Waals surface area contributed by atoms with Crippen LogP contribution in [-0.4, -0.2) is 61.6 Å². The van der Waals surface area contributed by atoms with Gasteiger partial charge in [0.15, 0.2) is 0 Å². The summed E-state index contributed by atoms with van der Waals surface area (Å²) in [7, 11) is -3.66. The maximum Gasteiger partial charge on any atom is 0.251 e. The van der Waals surface area contributed by atoms with Gasteiger partial charge in [-0.05, 0) is 75.6 Å². The van der Waals surface area contributed by atoms with Gasteiger partial charge in [-0.3, -0.25) is 9.89 Å². The zero-order valence-electron chi connectivity index (χ0n) is 19.5. The standard InChI is InChI=1S/C24H35N5O3S/c1-19-21(18-26-27-19)9-8-12-25-24(30)20-10-11-22(28-13-4-2-5-14-28)23(17-20)33(31,32)29-15-6-3-7-16-29/h10-11,17-18H,2-9,12-16H2,1H3,(H,25,30)(H,26,27). The van der Waals surface area contributed by atoms with Crippen LogP contribution in [0.1, 0.15) is 66.6 Å². The minimum Gasteiger partial charge on any atom is -0.370 e. The van der Waals surface area contributed by atoms with E-state index in [1.807, 2.05) is 19.2 Å². The van der Waals surface area contributed by atoms with Gasteiger partial charge in [-0.15, -0.1) is 0 Å². The largest absolute Gasteiger partial charge is 0.370 e. The first-order valence-electron chi connectivity index (χ1n) is 12.1. The Labute approximate surface area is 196 Å². The highest BCUT2D eigenvalue weighted by Gasteiger charge is 2.31. The molecule has 3 heterocycles. The van der Waals surface area contributed by atoms with E-state index in [-0.39, 0.29) is 10.8 Å². The van der Waals surface area contributed by atoms with Crippen LogP contribution in [0.4, 0.5) is 5.69 Å². The first-order valence-corrected chi connectivity index (χ1v) is 13.6. The minimum absolute atomic E-state index is 0.237. The molecule has 2 N–H and O–H groups in total. The molecule has 33 heavy (non-hydrogen) atoms. The smallest absolute Gasteiger partial charge is 0.251 e. The first kappa shape index (κ1) is 23.8. The lowest BCUT2D eigenvalue weighted by atomic mass is 10.1. The summed E-state index contributed by atoms with van der Waals surface area (Å²) in [5, 5.41) is 9.89. The van der Waals surface area contributed by atoms with E-state index in [4.69, 9.17) is 0 Å². The molecule has 0 spiro atoms. The van der Waals surface area contributed by atoms with Crippen molar-refractivity contribution in [3.05, 3.63) is 41.2 Å². The maximum absolute atomic E-state index is 13.6. The average Bonchev–Trinajstić information content (AvgIpc) is 3.27. The Morgan fingerprint density at radius 1 is 1.06 bits per heavy atom. The van der Waals surface area contributed by atoms with Gasteiger partial charge < -0.3 is 10.2 Å². The molecule has 180 valence electrons. The summed E-state index contributed by atoms with van der Waals surface area (Å²) in [6, 6.07) is 5.17. The number of aryl methyl sites for hydroxylation is 2. The number of carbonyl (C=O) groups excluding carboxylic acids is 1. The zero-order chi connectivity index (χ0) is 23.3. The van der Waals surface area contributed by atoms with Crippen LogP contribution < -0.4 is 10.2 Å². The molecule has 0 radical (unpaired) electrons. The number of piperidine rings is 2. The Bertz CT molecular complexity index is 1050. The minimum atomic E-state index is -3.66. The van der Waals surface area contributed by atoms with E-state index in [1.54, 1.807) is 16.4 Å². The van der Waals surface area contributed by atoms with Gasteiger partial charge >= 0.3 is 0 Å². The number of aromatic nitrogens is 2. The molecule has 1 aromatic carbocycles. The number of amides is 1. The molecule has 0 bridgehead atoms. The summed E-state index contributed by atoms with van der Waals surface area (Å²) in [6.45, 7) is 5.29. The number of carbonyl (C=O) groups is 1. The van der Waals surface area contributed by atoms with Crippen LogP contribution in [-0.2, 0) is 16.4 Å². The van der Waals surface area contributed by atoms with Crippen LogP contribution in [0, 0.1) is 6.92 Å². The summed E-state index contributed by atoms with van der Waals surface area (Å²) in [5.74, 6) is -0.237. The molecule has 0 unspecified atom stereocenters. The molecule has 0 atom stereocenters. The van der Waals surface area contributed by atoms with Crippen LogP contribution in [0.25, 0.3) is 0 Å². The summed E-state index contributed by atoms with van der Waals surface area (Å²) in [6.07, 6.45) is 9.54. The van der Waals surface area contributed by atoms with Crippen molar-refractivity contribution >= 4 is 21.6 Å². The Balaban J connectivity index is 1.51. The predicted octanol–water partition coefficient (Wildman–Crippen LogP) is 3.25. The van der Waals surface area contributed by atoms with E-state index < -0.39 is 10.0 Å². The van der Waals surface area contributed by atoms with Crippen LogP contribution in [0.5, 0.6) is 0 Å². The first-order chi connectivity index (χ1) is 16.0. The number of rotatable bonds is 8. The highest BCUT2D eigenvalue weighted by atomic mass is 32.2. The molecule has 0 aliphatic carbocycles. The predicted molar refractivity (Wildman–Crippen MR) is 129 cm³/mol. The topological polar surface area (TPSA) is 98.4 Å². The number of hydrogen-bond acceptors (Lipinski definition) is 5. The van der Waals surface area contributed by atoms with Gasteiger partial charge in [-0.2, -0.15) is 9.40 Å². The number of aromatic amines is 1. The quantitative estimate of drug-likeness (QED) is 0.574. The van der Waals surface area contributed by atoms with Crippen molar-refractivity contribution in [3.8, 4) is 0 Å². The second-order valence-electron chi connectivity index (χ2n) is 9.07. The Morgan fingerprint density at radius 2 is 1.76 bits per heavy atom. The van der Waals surface area contributed by atoms with Crippen molar-refractivity contribution in [2.24, 2.45) is 0 Å². The fourth-order valence-electron chi connectivity index (χ4n) is 4.71. The molecular weight excluding hydrogens is 438 g/mol. The summed E-state index contributed by atoms with van der Waals surface area (Å²) in [4.78, 5) is 15.3. The van der Waals surface area contributed by atoms with Crippen molar-refractivity contribution in [2.75, 3.05) is 37.6 Å². The number of anilines is 1. The molecule has 1 amide bonds. The SMILES string of the molecule is Cc1[nH]ncc1CCCNC(=O)c1ccc(N2CCCCC2)c(S(=O)(=O)N2CCCCC2)c1. The lowest BCUT2D eigenvalue weighted by Crippen LogP contribution is -2.38. The number of benzene rings is 1. The molecule has 2 fully saturated rings. The Kier molecular flexibility index (Phi) is 7.70. The van der Waals surface area contributed by atoms with Crippen molar-refractivity contribution < 1.29 is 13.2 Å². The Hall–Kier alpha value is -2.39. The summed E-state index contributed by atoms with van der Waals surface area (Å²) >= 11 is 0. The summed E-state index contributed by atoms with van der Waals surface area (Å²) < 4.78 is 28.8. The molecule has 9 heteroatoms. The average molecular weight is 474 g/mol. The van der Waals surface area contributed by atoms with Crippen LogP contribution in [0.3, 0.4) is 0 Å². The molecule has 2 aliphatic rings. The normalized spacial score (nSPS) is 17.8. The fraction of sp³-hybridized carbons (Fsp3) is 0.583. The van der Waals surface area contributed by atoms with Gasteiger partial charge in [0, 0.05) is 44.0 Å². The molecule has 8 nitrogen and oxygen atoms in total. The highest BCUT2D eigenvalue weighted by Crippen LogP contribution is 2.32. The van der Waals surface area contributed by atoms with Gasteiger partial charge in [0.2, 0.25) is 10.0 Å². The van der Waals surface area contributed by atoms with E-state index in [0.29, 0.717) is 25.2 Å². The van der Waals surface area contributed by atoms with Crippen molar-refractivity contribution in [1.29, 1.82) is 0 Å². The molecule has 4 rings (SSSR count). The molecule has 2 aliphatic heterocycles. The van der Waals surface area contributed by atoms with Crippen molar-refractivity contribution in [2.45, 2.75) is 63.2 Å². The van der Waals surface area contributed by atoms with Crippen LogP contribution in [0.15, 0.2) is 29.3 Å². The summed E-state index contributed by atoms with van der Waals surface area (Å²) in [5.41, 5.74) is 3.31. The van der Waals surface area contributed by atoms with Crippen molar-refractivity contribution in [1.82, 2.24) is 19.8 Å². The maximum atomic E-state index is 13.6. The second kappa shape index (κ2) is 10.7. The highest BCUT2D eigenvalue weighted by molar-refractivity contribution is 7.89. The number of hydrogen-bond donors (Lipinski definition) is 2. The lowest BCUT2D eigenvalue weighted by molar-refractivity contribution is 0.0953. The third-order valence-corrected chi connectivity index (χ3v) is 8.62. The molecule has 2 aromatic rings. The van der Waals surface area contributed by atoms with E-state index in [2.05, 4.69) is 20.4 Å². The van der Waals surface area contributed by atoms with Gasteiger partial charge in [0.05, 0.1) is 11.9 Å². The zero-order valence-corrected chi connectivity index (χ0v) is 20.3. The third kappa shape index (κ3) is 5.58. The van der Waals surface area contributed by atoms with Gasteiger partial charge in [-0.1, -0.05) is 6.42 Å². The van der Waals surface area contributed by atoms with Gasteiger partial charge in [-0.25, -0.2) is 8.42 Å². The van der Waals surface area contributed by atoms with E-state index >= 15 is 0 Å². The Morgan fingerprint density at radius 3 is 2.42 bits per heavy atom. The number of sulfonamides is 1. The van der Waals surface area contributed by atoms with E-state index in [0.717, 1.165) is 75.0 Å². The lowest BCUT2D eigenvalue weighted by Gasteiger charge is -2.33. The number of nitrogens with one attached hydrogen (secondary N) is 2. The second-order valence-corrected chi connectivity index (χ2v) is 11.0. The van der Waals surface area contributed by atoms with Gasteiger partial charge in [0.1, 0.15) is 4.90 Å². The van der Waals surface area contributed by atoms with E-state index in [1.165, 1.54) is 6.42 Å². The molecule has 1 aromatic heterocycles. The van der Waals surface area contributed by atoms with E-state index in [9.17, 15) is 13.2 Å². The monoisotopic (exact) mass is 473 g/mol. The van der Waals surface area contributed by atoms with Gasteiger partial charge in [0.25, 0.3) is 5.91 Å². The van der Waals surface area contributed by atoms with Crippen LogP contribution >= 0.6 is 0 Å². The van der Waals surface area contributed by atoms with Crippen LogP contribution in [0.2, 0.25) is 0 Å². The number of nitrogens with zero attached hydrogens (tertiary/aromatic N) is 3. The molecule has 0 saturated carbocycles. The molecular formula is C24H35N5O3S. The fourth-order valence-corrected chi connectivity index (χ4v) is 6.47. The third-order valence-electron chi connectivity index (χ3n) is 6.69.